The lowest BCUT2D eigenvalue weighted by Crippen LogP contribution is -2.43. The number of piperazine rings is 1. The Morgan fingerprint density at radius 2 is 1.83 bits per heavy atom. The molecule has 0 radical (unpaired) electrons. The smallest absolute Gasteiger partial charge is 0.246 e. The Bertz CT molecular complexity index is 1040. The largest absolute Gasteiger partial charge is 0.368 e. The summed E-state index contributed by atoms with van der Waals surface area (Å²) in [7, 11) is 0. The van der Waals surface area contributed by atoms with Crippen LogP contribution in [-0.2, 0) is 0 Å². The van der Waals surface area contributed by atoms with Crippen molar-refractivity contribution >= 4 is 28.8 Å². The number of nitrogens with one attached hydrogen (secondary N) is 2. The first-order chi connectivity index (χ1) is 14.3. The van der Waals surface area contributed by atoms with E-state index in [2.05, 4.69) is 47.6 Å². The lowest BCUT2D eigenvalue weighted by atomic mass is 10.3. The molecule has 0 spiro atoms. The van der Waals surface area contributed by atoms with Crippen LogP contribution in [0.3, 0.4) is 0 Å². The van der Waals surface area contributed by atoms with Gasteiger partial charge in [0.25, 0.3) is 0 Å². The van der Waals surface area contributed by atoms with E-state index in [9.17, 15) is 5.26 Å². The molecule has 148 valence electrons. The predicted octanol–water partition coefficient (Wildman–Crippen LogP) is 1.75. The van der Waals surface area contributed by atoms with Gasteiger partial charge in [-0.1, -0.05) is 0 Å². The van der Waals surface area contributed by atoms with Crippen LogP contribution in [0.4, 0.5) is 23.3 Å². The molecular weight excluding hydrogens is 366 g/mol. The second kappa shape index (κ2) is 7.56. The minimum absolute atomic E-state index is 0.459. The van der Waals surface area contributed by atoms with Crippen LogP contribution in [0.25, 0.3) is 5.52 Å². The highest BCUT2D eigenvalue weighted by Gasteiger charge is 2.21. The second-order valence-electron chi connectivity index (χ2n) is 7.37. The molecule has 5 heterocycles. The summed E-state index contributed by atoms with van der Waals surface area (Å²) in [5.74, 6) is 2.01. The summed E-state index contributed by atoms with van der Waals surface area (Å²) in [5, 5.41) is 20.7. The standard InChI is InChI=1S/C20H23N9/c21-12-15-11-17-14-24-20(26-29(17)19(15)28-7-1-2-8-28)25-18-4-3-16(13-23-18)27-9-5-22-6-10-27/h3-4,11,13-14,22H,1-2,5-10H2,(H,23,25,26). The Hall–Kier alpha value is -3.38. The number of aromatic nitrogens is 4. The predicted molar refractivity (Wildman–Crippen MR) is 112 cm³/mol. The van der Waals surface area contributed by atoms with Gasteiger partial charge in [-0.3, -0.25) is 0 Å². The van der Waals surface area contributed by atoms with Gasteiger partial charge in [0.2, 0.25) is 5.95 Å². The van der Waals surface area contributed by atoms with E-state index in [-0.39, 0.29) is 0 Å². The number of hydrogen-bond acceptors (Lipinski definition) is 8. The summed E-state index contributed by atoms with van der Waals surface area (Å²) in [6.45, 7) is 5.86. The van der Waals surface area contributed by atoms with Crippen molar-refractivity contribution in [3.8, 4) is 6.07 Å². The molecule has 9 heteroatoms. The fourth-order valence-electron chi connectivity index (χ4n) is 4.01. The Morgan fingerprint density at radius 3 is 2.55 bits per heavy atom. The van der Waals surface area contributed by atoms with Crippen LogP contribution < -0.4 is 20.4 Å². The zero-order valence-electron chi connectivity index (χ0n) is 16.2. The lowest BCUT2D eigenvalue weighted by molar-refractivity contribution is 0.589. The van der Waals surface area contributed by atoms with Gasteiger partial charge < -0.3 is 20.4 Å². The van der Waals surface area contributed by atoms with Crippen LogP contribution >= 0.6 is 0 Å². The number of nitrogens with zero attached hydrogens (tertiary/aromatic N) is 7. The van der Waals surface area contributed by atoms with Crippen LogP contribution in [0, 0.1) is 11.3 Å². The van der Waals surface area contributed by atoms with Gasteiger partial charge in [0, 0.05) is 39.3 Å². The van der Waals surface area contributed by atoms with E-state index in [0.29, 0.717) is 17.3 Å². The van der Waals surface area contributed by atoms with E-state index in [0.717, 1.165) is 69.1 Å². The Labute approximate surface area is 169 Å². The first kappa shape index (κ1) is 17.7. The van der Waals surface area contributed by atoms with Crippen molar-refractivity contribution in [1.29, 1.82) is 5.26 Å². The number of hydrogen-bond donors (Lipinski definition) is 2. The van der Waals surface area contributed by atoms with Crippen molar-refractivity contribution in [1.82, 2.24) is 24.9 Å². The van der Waals surface area contributed by atoms with Crippen LogP contribution in [0.15, 0.2) is 30.6 Å². The lowest BCUT2D eigenvalue weighted by Gasteiger charge is -2.29. The molecule has 3 aromatic rings. The molecule has 0 saturated carbocycles. The number of nitriles is 1. The van der Waals surface area contributed by atoms with Gasteiger partial charge in [-0.15, -0.1) is 5.10 Å². The molecule has 0 bridgehead atoms. The van der Waals surface area contributed by atoms with E-state index < -0.39 is 0 Å². The molecule has 2 fully saturated rings. The van der Waals surface area contributed by atoms with E-state index >= 15 is 0 Å². The molecule has 0 aliphatic carbocycles. The van der Waals surface area contributed by atoms with Crippen molar-refractivity contribution in [2.24, 2.45) is 0 Å². The van der Waals surface area contributed by atoms with Crippen molar-refractivity contribution in [2.75, 3.05) is 54.4 Å². The molecule has 2 saturated heterocycles. The highest BCUT2D eigenvalue weighted by atomic mass is 15.4. The summed E-state index contributed by atoms with van der Waals surface area (Å²) in [5.41, 5.74) is 2.57. The highest BCUT2D eigenvalue weighted by molar-refractivity contribution is 5.68. The van der Waals surface area contributed by atoms with E-state index in [4.69, 9.17) is 0 Å². The fourth-order valence-corrected chi connectivity index (χ4v) is 4.01. The summed E-state index contributed by atoms with van der Waals surface area (Å²) >= 11 is 0. The zero-order valence-corrected chi connectivity index (χ0v) is 16.2. The van der Waals surface area contributed by atoms with E-state index in [1.165, 1.54) is 0 Å². The maximum atomic E-state index is 9.55. The monoisotopic (exact) mass is 389 g/mol. The Kier molecular flexibility index (Phi) is 4.62. The zero-order chi connectivity index (χ0) is 19.6. The summed E-state index contributed by atoms with van der Waals surface area (Å²) in [6, 6.07) is 8.16. The summed E-state index contributed by atoms with van der Waals surface area (Å²) in [4.78, 5) is 13.5. The average molecular weight is 389 g/mol. The highest BCUT2D eigenvalue weighted by Crippen LogP contribution is 2.27. The van der Waals surface area contributed by atoms with Gasteiger partial charge in [0.05, 0.1) is 29.2 Å². The molecule has 9 nitrogen and oxygen atoms in total. The molecule has 2 aliphatic heterocycles. The number of anilines is 4. The number of rotatable bonds is 4. The molecule has 2 N–H and O–H groups in total. The molecule has 0 unspecified atom stereocenters. The minimum Gasteiger partial charge on any atom is -0.368 e. The second-order valence-corrected chi connectivity index (χ2v) is 7.37. The van der Waals surface area contributed by atoms with E-state index in [1.54, 1.807) is 6.20 Å². The molecule has 2 aliphatic rings. The summed E-state index contributed by atoms with van der Waals surface area (Å²) < 4.78 is 1.81. The minimum atomic E-state index is 0.459. The van der Waals surface area contributed by atoms with Gasteiger partial charge in [-0.2, -0.15) is 5.26 Å². The third-order valence-corrected chi connectivity index (χ3v) is 5.49. The van der Waals surface area contributed by atoms with Crippen LogP contribution in [0.2, 0.25) is 0 Å². The molecule has 5 rings (SSSR count). The Morgan fingerprint density at radius 1 is 1.00 bits per heavy atom. The number of fused-ring (bicyclic) bond motifs is 1. The van der Waals surface area contributed by atoms with Crippen molar-refractivity contribution < 1.29 is 0 Å². The van der Waals surface area contributed by atoms with Crippen molar-refractivity contribution in [2.45, 2.75) is 12.8 Å². The molecular formula is C20H23N9. The molecule has 0 aromatic carbocycles. The maximum Gasteiger partial charge on any atom is 0.246 e. The molecule has 0 amide bonds. The summed E-state index contributed by atoms with van der Waals surface area (Å²) in [6.07, 6.45) is 5.89. The SMILES string of the molecule is N#Cc1cc2cnc(Nc3ccc(N4CCNCC4)cn3)nn2c1N1CCCC1. The van der Waals surface area contributed by atoms with Crippen LogP contribution in [-0.4, -0.2) is 58.9 Å². The average Bonchev–Trinajstić information content (AvgIpc) is 3.42. The van der Waals surface area contributed by atoms with Gasteiger partial charge in [-0.05, 0) is 31.0 Å². The Balaban J connectivity index is 1.40. The fraction of sp³-hybridized carbons (Fsp3) is 0.400. The van der Waals surface area contributed by atoms with Gasteiger partial charge >= 0.3 is 0 Å². The van der Waals surface area contributed by atoms with Crippen LogP contribution in [0.1, 0.15) is 18.4 Å². The first-order valence-corrected chi connectivity index (χ1v) is 10.0. The maximum absolute atomic E-state index is 9.55. The first-order valence-electron chi connectivity index (χ1n) is 10.0. The van der Waals surface area contributed by atoms with Gasteiger partial charge in [0.15, 0.2) is 0 Å². The van der Waals surface area contributed by atoms with E-state index in [1.807, 2.05) is 22.8 Å². The third kappa shape index (κ3) is 3.43. The topological polar surface area (TPSA) is 97.4 Å². The van der Waals surface area contributed by atoms with Crippen LogP contribution in [0.5, 0.6) is 0 Å². The third-order valence-electron chi connectivity index (χ3n) is 5.49. The quantitative estimate of drug-likeness (QED) is 0.697. The van der Waals surface area contributed by atoms with Crippen molar-refractivity contribution in [3.05, 3.63) is 36.2 Å². The molecule has 29 heavy (non-hydrogen) atoms. The van der Waals surface area contributed by atoms with Crippen molar-refractivity contribution in [3.63, 3.8) is 0 Å². The normalized spacial score (nSPS) is 16.9. The van der Waals surface area contributed by atoms with Gasteiger partial charge in [-0.25, -0.2) is 14.5 Å². The molecule has 0 atom stereocenters. The van der Waals surface area contributed by atoms with Gasteiger partial charge in [0.1, 0.15) is 17.7 Å². The molecule has 3 aromatic heterocycles. The number of pyridine rings is 1.